The van der Waals surface area contributed by atoms with Crippen molar-refractivity contribution in [3.8, 4) is 0 Å². The van der Waals surface area contributed by atoms with Gasteiger partial charge in [0.05, 0.1) is 11.5 Å². The highest BCUT2D eigenvalue weighted by Gasteiger charge is 2.47. The van der Waals surface area contributed by atoms with Gasteiger partial charge in [0.2, 0.25) is 0 Å². The molecule has 8 heteroatoms. The minimum atomic E-state index is -0.788. The maximum atomic E-state index is 12.3. The highest BCUT2D eigenvalue weighted by Crippen LogP contribution is 2.38. The third-order valence-corrected chi connectivity index (χ3v) is 4.68. The van der Waals surface area contributed by atoms with E-state index in [0.717, 1.165) is 0 Å². The van der Waals surface area contributed by atoms with Crippen LogP contribution < -0.4 is 0 Å². The Morgan fingerprint density at radius 3 is 2.44 bits per heavy atom. The number of fused-ring (bicyclic) bond motifs is 3. The van der Waals surface area contributed by atoms with Gasteiger partial charge in [0.1, 0.15) is 24.9 Å². The van der Waals surface area contributed by atoms with Crippen LogP contribution in [0.1, 0.15) is 26.7 Å². The van der Waals surface area contributed by atoms with Gasteiger partial charge in [-0.2, -0.15) is 0 Å². The normalized spacial score (nSPS) is 31.7. The van der Waals surface area contributed by atoms with Crippen molar-refractivity contribution >= 4 is 23.9 Å². The molecule has 1 aliphatic carbocycles. The molecule has 0 spiro atoms. The quantitative estimate of drug-likeness (QED) is 0.313. The Labute approximate surface area is 155 Å². The second-order valence-electron chi connectivity index (χ2n) is 6.65. The maximum absolute atomic E-state index is 12.3. The zero-order valence-corrected chi connectivity index (χ0v) is 15.1. The average Bonchev–Trinajstić information content (AvgIpc) is 3.07. The molecule has 0 aromatic rings. The number of carbonyl (C=O) groups is 4. The van der Waals surface area contributed by atoms with Crippen LogP contribution in [0.25, 0.3) is 0 Å². The summed E-state index contributed by atoms with van der Waals surface area (Å²) >= 11 is 0. The highest BCUT2D eigenvalue weighted by atomic mass is 16.6. The average molecular weight is 376 g/mol. The van der Waals surface area contributed by atoms with Crippen molar-refractivity contribution in [3.05, 3.63) is 35.5 Å². The molecule has 0 amide bonds. The van der Waals surface area contributed by atoms with E-state index in [4.69, 9.17) is 18.9 Å². The molecule has 2 aliphatic heterocycles. The van der Waals surface area contributed by atoms with Gasteiger partial charge in [-0.05, 0) is 30.6 Å². The Morgan fingerprint density at radius 1 is 1.11 bits per heavy atom. The third kappa shape index (κ3) is 3.94. The van der Waals surface area contributed by atoms with Crippen LogP contribution in [0, 0.1) is 5.92 Å². The molecule has 0 saturated carbocycles. The fourth-order valence-electron chi connectivity index (χ4n) is 3.44. The lowest BCUT2D eigenvalue weighted by Crippen LogP contribution is -2.28. The lowest BCUT2D eigenvalue weighted by atomic mass is 9.87. The zero-order chi connectivity index (χ0) is 19.7. The summed E-state index contributed by atoms with van der Waals surface area (Å²) in [5.74, 6) is -2.73. The van der Waals surface area contributed by atoms with Crippen molar-refractivity contribution in [2.24, 2.45) is 5.92 Å². The molecule has 4 atom stereocenters. The molecular weight excluding hydrogens is 356 g/mol. The van der Waals surface area contributed by atoms with Crippen molar-refractivity contribution < 1.29 is 38.1 Å². The molecule has 1 fully saturated rings. The Hall–Kier alpha value is -2.90. The molecule has 3 aliphatic rings. The second-order valence-corrected chi connectivity index (χ2v) is 6.65. The summed E-state index contributed by atoms with van der Waals surface area (Å²) in [7, 11) is 0. The summed E-state index contributed by atoms with van der Waals surface area (Å²) < 4.78 is 21.1. The smallest absolute Gasteiger partial charge is 0.338 e. The molecule has 0 aromatic heterocycles. The van der Waals surface area contributed by atoms with Gasteiger partial charge in [-0.25, -0.2) is 9.59 Å². The molecule has 4 unspecified atom stereocenters. The van der Waals surface area contributed by atoms with E-state index in [9.17, 15) is 19.2 Å². The van der Waals surface area contributed by atoms with E-state index in [0.29, 0.717) is 18.4 Å². The standard InChI is InChI=1S/C19H20O8/c1-9-17-15(26-18(9)22)6-12(8-24-10(2)20)4-5-14(25-11(3)21)13-7-16(17)27-19(13)23/h6-7,14-17H,1,4-5,8H2,2-3H3/b12-6-. The predicted molar refractivity (Wildman–Crippen MR) is 90.0 cm³/mol. The van der Waals surface area contributed by atoms with Crippen LogP contribution >= 0.6 is 0 Å². The molecular formula is C19H20O8. The van der Waals surface area contributed by atoms with Crippen LogP contribution in [0.2, 0.25) is 0 Å². The van der Waals surface area contributed by atoms with Gasteiger partial charge in [0.25, 0.3) is 0 Å². The number of esters is 4. The molecule has 3 rings (SSSR count). The first-order valence-corrected chi connectivity index (χ1v) is 8.59. The molecule has 0 radical (unpaired) electrons. The fraction of sp³-hybridized carbons (Fsp3) is 0.474. The van der Waals surface area contributed by atoms with Gasteiger partial charge >= 0.3 is 23.9 Å². The van der Waals surface area contributed by atoms with Crippen molar-refractivity contribution in [2.45, 2.75) is 45.0 Å². The Kier molecular flexibility index (Phi) is 5.16. The number of hydrogen-bond acceptors (Lipinski definition) is 8. The fourth-order valence-corrected chi connectivity index (χ4v) is 3.44. The highest BCUT2D eigenvalue weighted by molar-refractivity contribution is 5.94. The Balaban J connectivity index is 1.97. The van der Waals surface area contributed by atoms with E-state index in [1.807, 2.05) is 0 Å². The molecule has 144 valence electrons. The van der Waals surface area contributed by atoms with E-state index < -0.39 is 48.1 Å². The van der Waals surface area contributed by atoms with Crippen molar-refractivity contribution in [3.63, 3.8) is 0 Å². The molecule has 27 heavy (non-hydrogen) atoms. The summed E-state index contributed by atoms with van der Waals surface area (Å²) in [5, 5.41) is 0. The predicted octanol–water partition coefficient (Wildman–Crippen LogP) is 1.15. The van der Waals surface area contributed by atoms with E-state index in [-0.39, 0.29) is 17.8 Å². The molecule has 0 N–H and O–H groups in total. The van der Waals surface area contributed by atoms with Crippen molar-refractivity contribution in [2.75, 3.05) is 6.61 Å². The third-order valence-electron chi connectivity index (χ3n) is 4.68. The molecule has 8 nitrogen and oxygen atoms in total. The summed E-state index contributed by atoms with van der Waals surface area (Å²) in [6, 6.07) is 0. The zero-order valence-electron chi connectivity index (χ0n) is 15.1. The van der Waals surface area contributed by atoms with Gasteiger partial charge in [0.15, 0.2) is 0 Å². The largest absolute Gasteiger partial charge is 0.461 e. The minimum absolute atomic E-state index is 0.00783. The topological polar surface area (TPSA) is 105 Å². The summed E-state index contributed by atoms with van der Waals surface area (Å²) in [5.41, 5.74) is 1.12. The first-order chi connectivity index (χ1) is 12.8. The lowest BCUT2D eigenvalue weighted by molar-refractivity contribution is -0.148. The first-order valence-electron chi connectivity index (χ1n) is 8.59. The van der Waals surface area contributed by atoms with E-state index in [1.165, 1.54) is 13.8 Å². The SMILES string of the molecule is C=C1C(=O)OC2/C=C(\COC(C)=O)CCC(OC(C)=O)C3=CC(OC3=O)C12. The Bertz CT molecular complexity index is 775. The van der Waals surface area contributed by atoms with E-state index >= 15 is 0 Å². The van der Waals surface area contributed by atoms with Crippen LogP contribution in [0.15, 0.2) is 35.5 Å². The molecule has 2 heterocycles. The van der Waals surface area contributed by atoms with Gasteiger partial charge in [-0.15, -0.1) is 0 Å². The van der Waals surface area contributed by atoms with Gasteiger partial charge < -0.3 is 18.9 Å². The number of ether oxygens (including phenoxy) is 4. The molecule has 0 aromatic carbocycles. The van der Waals surface area contributed by atoms with Crippen LogP contribution in [0.5, 0.6) is 0 Å². The number of hydrogen-bond donors (Lipinski definition) is 0. The second kappa shape index (κ2) is 7.38. The molecule has 2 bridgehead atoms. The van der Waals surface area contributed by atoms with Gasteiger partial charge in [-0.1, -0.05) is 6.58 Å². The van der Waals surface area contributed by atoms with Gasteiger partial charge in [0, 0.05) is 19.4 Å². The van der Waals surface area contributed by atoms with Crippen LogP contribution in [-0.4, -0.2) is 48.8 Å². The minimum Gasteiger partial charge on any atom is -0.461 e. The van der Waals surface area contributed by atoms with E-state index in [2.05, 4.69) is 6.58 Å². The van der Waals surface area contributed by atoms with Crippen LogP contribution in [0.4, 0.5) is 0 Å². The summed E-state index contributed by atoms with van der Waals surface area (Å²) in [4.78, 5) is 47.0. The monoisotopic (exact) mass is 376 g/mol. The first kappa shape index (κ1) is 18.9. The molecule has 1 saturated heterocycles. The van der Waals surface area contributed by atoms with E-state index in [1.54, 1.807) is 12.2 Å². The summed E-state index contributed by atoms with van der Waals surface area (Å²) in [6.07, 6.45) is 1.71. The van der Waals surface area contributed by atoms with Gasteiger partial charge in [-0.3, -0.25) is 9.59 Å². The van der Waals surface area contributed by atoms with Crippen LogP contribution in [0.3, 0.4) is 0 Å². The number of rotatable bonds is 3. The Morgan fingerprint density at radius 2 is 1.78 bits per heavy atom. The van der Waals surface area contributed by atoms with Crippen molar-refractivity contribution in [1.29, 1.82) is 0 Å². The lowest BCUT2D eigenvalue weighted by Gasteiger charge is -2.21. The summed E-state index contributed by atoms with van der Waals surface area (Å²) in [6.45, 7) is 6.32. The maximum Gasteiger partial charge on any atom is 0.338 e. The van der Waals surface area contributed by atoms with Crippen molar-refractivity contribution in [1.82, 2.24) is 0 Å². The number of carbonyl (C=O) groups excluding carboxylic acids is 4. The van der Waals surface area contributed by atoms with Crippen LogP contribution in [-0.2, 0) is 38.1 Å².